The number of alkyl halides is 1. The van der Waals surface area contributed by atoms with Crippen molar-refractivity contribution in [1.82, 2.24) is 0 Å². The van der Waals surface area contributed by atoms with Gasteiger partial charge >= 0.3 is 0 Å². The molecule has 1 unspecified atom stereocenters. The summed E-state index contributed by atoms with van der Waals surface area (Å²) in [6.45, 7) is 1.73. The highest BCUT2D eigenvalue weighted by Gasteiger charge is 1.91. The van der Waals surface area contributed by atoms with E-state index >= 15 is 0 Å². The summed E-state index contributed by atoms with van der Waals surface area (Å²) in [5.74, 6) is 0. The zero-order valence-electron chi connectivity index (χ0n) is 4.40. The summed E-state index contributed by atoms with van der Waals surface area (Å²) in [5, 5.41) is -0.0137. The Balaban J connectivity index is 3.74. The molecule has 0 aromatic heterocycles. The van der Waals surface area contributed by atoms with Crippen molar-refractivity contribution in [3.05, 3.63) is 11.1 Å². The molecular formula is C5H6Cl2O. The highest BCUT2D eigenvalue weighted by molar-refractivity contribution is 6.39. The van der Waals surface area contributed by atoms with Gasteiger partial charge in [-0.2, -0.15) is 0 Å². The molecule has 0 saturated carbocycles. The third kappa shape index (κ3) is 4.16. The second-order valence-corrected chi connectivity index (χ2v) is 2.47. The maximum absolute atomic E-state index is 9.78. The van der Waals surface area contributed by atoms with Gasteiger partial charge in [0.05, 0.1) is 10.4 Å². The highest BCUT2D eigenvalue weighted by Crippen LogP contribution is 2.02. The number of hydrogen-bond acceptors (Lipinski definition) is 1. The Morgan fingerprint density at radius 2 is 2.25 bits per heavy atom. The molecule has 0 aliphatic carbocycles. The van der Waals surface area contributed by atoms with Gasteiger partial charge in [0.25, 0.3) is 0 Å². The van der Waals surface area contributed by atoms with Crippen LogP contribution in [-0.4, -0.2) is 11.7 Å². The van der Waals surface area contributed by atoms with Crippen LogP contribution < -0.4 is 0 Å². The Kier molecular flexibility index (Phi) is 3.92. The number of allylic oxidation sites excluding steroid dienone is 2. The summed E-state index contributed by atoms with van der Waals surface area (Å²) < 4.78 is 0. The molecule has 0 aliphatic rings. The van der Waals surface area contributed by atoms with Crippen LogP contribution in [0.4, 0.5) is 0 Å². The van der Waals surface area contributed by atoms with Crippen LogP contribution >= 0.6 is 23.2 Å². The zero-order valence-corrected chi connectivity index (χ0v) is 5.91. The van der Waals surface area contributed by atoms with E-state index in [0.717, 1.165) is 0 Å². The second-order valence-electron chi connectivity index (χ2n) is 1.35. The minimum absolute atomic E-state index is 0.160. The van der Waals surface area contributed by atoms with Gasteiger partial charge in [-0.15, -0.1) is 11.6 Å². The van der Waals surface area contributed by atoms with Crippen molar-refractivity contribution < 1.29 is 4.79 Å². The lowest BCUT2D eigenvalue weighted by atomic mass is 10.4. The van der Waals surface area contributed by atoms with Crippen molar-refractivity contribution in [3.63, 3.8) is 0 Å². The van der Waals surface area contributed by atoms with Gasteiger partial charge in [0.1, 0.15) is 0 Å². The molecule has 0 rings (SSSR count). The maximum atomic E-state index is 9.78. The van der Waals surface area contributed by atoms with Crippen molar-refractivity contribution in [3.8, 4) is 0 Å². The second kappa shape index (κ2) is 3.93. The first kappa shape index (κ1) is 7.99. The monoisotopic (exact) mass is 152 g/mol. The summed E-state index contributed by atoms with van der Waals surface area (Å²) >= 11 is 10.7. The van der Waals surface area contributed by atoms with Gasteiger partial charge in [0.15, 0.2) is 6.29 Å². The van der Waals surface area contributed by atoms with E-state index in [4.69, 9.17) is 23.2 Å². The van der Waals surface area contributed by atoms with Crippen LogP contribution in [0.15, 0.2) is 11.1 Å². The highest BCUT2D eigenvalue weighted by atomic mass is 35.5. The fraction of sp³-hybridized carbons (Fsp3) is 0.400. The Morgan fingerprint density at radius 3 is 2.38 bits per heavy atom. The molecule has 0 radical (unpaired) electrons. The molecule has 0 N–H and O–H groups in total. The lowest BCUT2D eigenvalue weighted by Gasteiger charge is -1.88. The first-order valence-electron chi connectivity index (χ1n) is 2.13. The third-order valence-electron chi connectivity index (χ3n) is 0.501. The van der Waals surface area contributed by atoms with E-state index in [1.54, 1.807) is 6.92 Å². The van der Waals surface area contributed by atoms with Gasteiger partial charge in [-0.05, 0) is 13.0 Å². The van der Waals surface area contributed by atoms with Crippen molar-refractivity contribution >= 4 is 29.5 Å². The Hall–Kier alpha value is -0.0100. The number of halogens is 2. The molecule has 0 fully saturated rings. The SMILES string of the molecule is CC(Cl)/C=C(/Cl)C=O. The van der Waals surface area contributed by atoms with Crippen LogP contribution in [0, 0.1) is 0 Å². The molecule has 0 aromatic rings. The molecule has 0 aromatic carbocycles. The van der Waals surface area contributed by atoms with E-state index < -0.39 is 0 Å². The van der Waals surface area contributed by atoms with Crippen LogP contribution in [0.25, 0.3) is 0 Å². The number of carbonyl (C=O) groups is 1. The number of aldehydes is 1. The van der Waals surface area contributed by atoms with Gasteiger partial charge in [-0.3, -0.25) is 4.79 Å². The normalized spacial score (nSPS) is 15.6. The smallest absolute Gasteiger partial charge is 0.161 e. The molecule has 0 bridgehead atoms. The van der Waals surface area contributed by atoms with Gasteiger partial charge in [0.2, 0.25) is 0 Å². The fourth-order valence-electron chi connectivity index (χ4n) is 0.259. The first-order valence-corrected chi connectivity index (χ1v) is 2.95. The van der Waals surface area contributed by atoms with E-state index in [0.29, 0.717) is 6.29 Å². The van der Waals surface area contributed by atoms with Crippen LogP contribution in [-0.2, 0) is 4.79 Å². The minimum atomic E-state index is -0.173. The molecule has 0 aliphatic heterocycles. The number of hydrogen-bond donors (Lipinski definition) is 0. The molecule has 1 nitrogen and oxygen atoms in total. The Labute approximate surface area is 58.3 Å². The molecule has 0 saturated heterocycles. The first-order chi connectivity index (χ1) is 3.66. The van der Waals surface area contributed by atoms with E-state index in [-0.39, 0.29) is 10.4 Å². The van der Waals surface area contributed by atoms with Crippen LogP contribution in [0.1, 0.15) is 6.92 Å². The van der Waals surface area contributed by atoms with E-state index in [1.807, 2.05) is 0 Å². The fourth-order valence-corrected chi connectivity index (χ4v) is 0.648. The van der Waals surface area contributed by atoms with Crippen molar-refractivity contribution in [2.45, 2.75) is 12.3 Å². The molecule has 3 heteroatoms. The van der Waals surface area contributed by atoms with Crippen molar-refractivity contribution in [2.75, 3.05) is 0 Å². The van der Waals surface area contributed by atoms with Crippen LogP contribution in [0.5, 0.6) is 0 Å². The maximum Gasteiger partial charge on any atom is 0.161 e. The average molecular weight is 153 g/mol. The minimum Gasteiger partial charge on any atom is -0.297 e. The third-order valence-corrected chi connectivity index (χ3v) is 0.843. The number of carbonyl (C=O) groups excluding carboxylic acids is 1. The van der Waals surface area contributed by atoms with Crippen LogP contribution in [0.2, 0.25) is 0 Å². The summed E-state index contributed by atoms with van der Waals surface area (Å²) in [5.41, 5.74) is 0. The topological polar surface area (TPSA) is 17.1 Å². The summed E-state index contributed by atoms with van der Waals surface area (Å²) in [6.07, 6.45) is 2.02. The average Bonchev–Trinajstić information content (AvgIpc) is 1.65. The predicted octanol–water partition coefficient (Wildman–Crippen LogP) is 1.94. The summed E-state index contributed by atoms with van der Waals surface area (Å²) in [4.78, 5) is 9.78. The number of rotatable bonds is 2. The van der Waals surface area contributed by atoms with Crippen molar-refractivity contribution in [1.29, 1.82) is 0 Å². The Morgan fingerprint density at radius 1 is 1.75 bits per heavy atom. The van der Waals surface area contributed by atoms with Gasteiger partial charge < -0.3 is 0 Å². The predicted molar refractivity (Wildman–Crippen MR) is 35.3 cm³/mol. The lowest BCUT2D eigenvalue weighted by molar-refractivity contribution is -0.104. The molecule has 0 spiro atoms. The quantitative estimate of drug-likeness (QED) is 0.336. The van der Waals surface area contributed by atoms with E-state index in [9.17, 15) is 4.79 Å². The molecule has 0 amide bonds. The summed E-state index contributed by atoms with van der Waals surface area (Å²) in [6, 6.07) is 0. The summed E-state index contributed by atoms with van der Waals surface area (Å²) in [7, 11) is 0. The molecule has 0 heterocycles. The molecular weight excluding hydrogens is 147 g/mol. The molecule has 1 atom stereocenters. The molecule has 8 heavy (non-hydrogen) atoms. The zero-order chi connectivity index (χ0) is 6.57. The lowest BCUT2D eigenvalue weighted by Crippen LogP contribution is -1.84. The molecule has 46 valence electrons. The van der Waals surface area contributed by atoms with Crippen LogP contribution in [0.3, 0.4) is 0 Å². The Bertz CT molecular complexity index is 107. The van der Waals surface area contributed by atoms with E-state index in [1.165, 1.54) is 6.08 Å². The van der Waals surface area contributed by atoms with Gasteiger partial charge in [-0.25, -0.2) is 0 Å². The van der Waals surface area contributed by atoms with E-state index in [2.05, 4.69) is 0 Å². The van der Waals surface area contributed by atoms with Crippen molar-refractivity contribution in [2.24, 2.45) is 0 Å². The standard InChI is InChI=1S/C5H6Cl2O/c1-4(6)2-5(7)3-8/h2-4H,1H3/b5-2+. The largest absolute Gasteiger partial charge is 0.297 e. The van der Waals surface area contributed by atoms with Gasteiger partial charge in [0, 0.05) is 0 Å². The van der Waals surface area contributed by atoms with Gasteiger partial charge in [-0.1, -0.05) is 11.6 Å².